The van der Waals surface area contributed by atoms with Gasteiger partial charge in [-0.2, -0.15) is 15.2 Å². The number of hydrogen-bond acceptors (Lipinski definition) is 8. The van der Waals surface area contributed by atoms with Crippen molar-refractivity contribution in [3.63, 3.8) is 0 Å². The van der Waals surface area contributed by atoms with Gasteiger partial charge in [0.25, 0.3) is 0 Å². The smallest absolute Gasteiger partial charge is 0.318 e. The molecule has 0 spiro atoms. The van der Waals surface area contributed by atoms with Crippen molar-refractivity contribution in [1.29, 1.82) is 5.26 Å². The zero-order valence-corrected chi connectivity index (χ0v) is 24.5. The van der Waals surface area contributed by atoms with E-state index in [0.29, 0.717) is 31.0 Å². The van der Waals surface area contributed by atoms with Crippen LogP contribution in [-0.4, -0.2) is 78.7 Å². The second-order valence-corrected chi connectivity index (χ2v) is 11.9. The van der Waals surface area contributed by atoms with Crippen molar-refractivity contribution >= 4 is 22.3 Å². The molecule has 8 heteroatoms. The highest BCUT2D eigenvalue weighted by molar-refractivity contribution is 5.94. The van der Waals surface area contributed by atoms with Crippen LogP contribution in [0.1, 0.15) is 37.4 Å². The summed E-state index contributed by atoms with van der Waals surface area (Å²) in [4.78, 5) is 19.5. The maximum absolute atomic E-state index is 9.54. The van der Waals surface area contributed by atoms with E-state index in [4.69, 9.17) is 14.7 Å². The molecule has 2 aromatic carbocycles. The van der Waals surface area contributed by atoms with Crippen LogP contribution < -0.4 is 14.5 Å². The van der Waals surface area contributed by atoms with E-state index in [2.05, 4.69) is 94.5 Å². The van der Waals surface area contributed by atoms with Crippen molar-refractivity contribution in [3.05, 3.63) is 66.0 Å². The Balaban J connectivity index is 1.29. The molecule has 6 rings (SSSR count). The van der Waals surface area contributed by atoms with Gasteiger partial charge in [-0.25, -0.2) is 0 Å². The van der Waals surface area contributed by atoms with Gasteiger partial charge < -0.3 is 24.3 Å². The summed E-state index contributed by atoms with van der Waals surface area (Å²) in [5.74, 6) is 1.53. The summed E-state index contributed by atoms with van der Waals surface area (Å²) in [7, 11) is 4.30. The van der Waals surface area contributed by atoms with Crippen molar-refractivity contribution in [3.8, 4) is 12.1 Å². The van der Waals surface area contributed by atoms with E-state index in [1.165, 1.54) is 22.0 Å². The third-order valence-electron chi connectivity index (χ3n) is 9.01. The zero-order chi connectivity index (χ0) is 28.3. The number of rotatable bonds is 8. The van der Waals surface area contributed by atoms with Crippen LogP contribution in [0.25, 0.3) is 10.8 Å². The van der Waals surface area contributed by atoms with Crippen LogP contribution in [0, 0.1) is 17.2 Å². The molecule has 1 saturated heterocycles. The van der Waals surface area contributed by atoms with Crippen LogP contribution in [0.15, 0.2) is 54.7 Å². The summed E-state index contributed by atoms with van der Waals surface area (Å²) in [6.07, 6.45) is 7.85. The Morgan fingerprint density at radius 1 is 1.05 bits per heavy atom. The molecular formula is C33H41N7O. The lowest BCUT2D eigenvalue weighted by atomic mass is 9.80. The molecule has 0 amide bonds. The van der Waals surface area contributed by atoms with Crippen molar-refractivity contribution in [2.75, 3.05) is 56.7 Å². The quantitative estimate of drug-likeness (QED) is 0.394. The Bertz CT molecular complexity index is 1440. The number of allylic oxidation sites excluding steroid dienone is 1. The maximum atomic E-state index is 9.54. The number of fused-ring (bicyclic) bond motifs is 2. The first-order chi connectivity index (χ1) is 20.0. The lowest BCUT2D eigenvalue weighted by Crippen LogP contribution is -2.51. The third kappa shape index (κ3) is 5.69. The van der Waals surface area contributed by atoms with Crippen LogP contribution in [-0.2, 0) is 13.0 Å². The van der Waals surface area contributed by atoms with Gasteiger partial charge in [-0.1, -0.05) is 42.5 Å². The van der Waals surface area contributed by atoms with Crippen molar-refractivity contribution in [2.45, 2.75) is 51.2 Å². The van der Waals surface area contributed by atoms with Gasteiger partial charge in [-0.15, -0.1) is 0 Å². The van der Waals surface area contributed by atoms with E-state index in [1.54, 1.807) is 0 Å². The lowest BCUT2D eigenvalue weighted by Gasteiger charge is -2.42. The van der Waals surface area contributed by atoms with Gasteiger partial charge in [0.1, 0.15) is 5.82 Å². The number of aromatic nitrogens is 2. The summed E-state index contributed by atoms with van der Waals surface area (Å²) < 4.78 is 6.32. The number of nitrogens with zero attached hydrogens (tertiary/aromatic N) is 7. The van der Waals surface area contributed by atoms with Gasteiger partial charge in [0.05, 0.1) is 37.4 Å². The Morgan fingerprint density at radius 3 is 2.68 bits per heavy atom. The molecule has 2 aliphatic heterocycles. The largest absolute Gasteiger partial charge is 0.463 e. The van der Waals surface area contributed by atoms with E-state index in [1.807, 2.05) is 6.92 Å². The molecule has 214 valence electrons. The first-order valence-electron chi connectivity index (χ1n) is 15.0. The summed E-state index contributed by atoms with van der Waals surface area (Å²) in [6.45, 7) is 6.80. The van der Waals surface area contributed by atoms with Crippen LogP contribution in [0.3, 0.4) is 0 Å². The molecule has 2 fully saturated rings. The summed E-state index contributed by atoms with van der Waals surface area (Å²) in [6, 6.07) is 18.8. The van der Waals surface area contributed by atoms with Crippen LogP contribution in [0.2, 0.25) is 0 Å². The van der Waals surface area contributed by atoms with Crippen LogP contribution in [0.4, 0.5) is 11.5 Å². The fraction of sp³-hybridized carbons (Fsp3) is 0.485. The molecule has 1 unspecified atom stereocenters. The molecule has 8 nitrogen and oxygen atoms in total. The molecule has 1 aromatic heterocycles. The summed E-state index contributed by atoms with van der Waals surface area (Å²) in [5.41, 5.74) is 3.52. The van der Waals surface area contributed by atoms with E-state index >= 15 is 0 Å². The van der Waals surface area contributed by atoms with E-state index in [-0.39, 0.29) is 6.04 Å². The first-order valence-corrected chi connectivity index (χ1v) is 15.0. The van der Waals surface area contributed by atoms with Crippen molar-refractivity contribution < 1.29 is 4.74 Å². The second-order valence-electron chi connectivity index (χ2n) is 11.9. The summed E-state index contributed by atoms with van der Waals surface area (Å²) >= 11 is 0. The number of piperazine rings is 1. The van der Waals surface area contributed by atoms with E-state index in [0.717, 1.165) is 63.5 Å². The Labute approximate surface area is 243 Å². The Morgan fingerprint density at radius 2 is 1.88 bits per heavy atom. The molecular weight excluding hydrogens is 510 g/mol. The Kier molecular flexibility index (Phi) is 7.97. The molecule has 1 atom stereocenters. The van der Waals surface area contributed by atoms with Gasteiger partial charge in [-0.3, -0.25) is 0 Å². The van der Waals surface area contributed by atoms with Crippen molar-refractivity contribution in [1.82, 2.24) is 19.8 Å². The lowest BCUT2D eigenvalue weighted by molar-refractivity contribution is 0.0795. The Hall–Kier alpha value is -3.83. The number of ether oxygens (including phenoxy) is 1. The standard InChI is InChI=1S/C33H41N7O/c1-4-15-38-17-18-40(21-26(38)12-14-34)32-29-13-16-39(31-11-7-9-25-8-5-6-10-28(25)31)22-30(29)35-33(36-32)41-23-24-19-27(20-24)37(2)3/h4-11,15,24,26-27H,12-13,16-23H2,1-3H3. The van der Waals surface area contributed by atoms with Crippen LogP contribution in [0.5, 0.6) is 6.01 Å². The first kappa shape index (κ1) is 27.3. The topological polar surface area (TPSA) is 71.8 Å². The highest BCUT2D eigenvalue weighted by Crippen LogP contribution is 2.36. The molecule has 3 aliphatic rings. The molecule has 3 heterocycles. The zero-order valence-electron chi connectivity index (χ0n) is 24.5. The van der Waals surface area contributed by atoms with E-state index < -0.39 is 0 Å². The molecule has 3 aromatic rings. The molecule has 1 saturated carbocycles. The number of anilines is 2. The molecule has 41 heavy (non-hydrogen) atoms. The molecule has 0 bridgehead atoms. The van der Waals surface area contributed by atoms with Gasteiger partial charge in [0, 0.05) is 48.9 Å². The summed E-state index contributed by atoms with van der Waals surface area (Å²) in [5, 5.41) is 12.1. The van der Waals surface area contributed by atoms with E-state index in [9.17, 15) is 5.26 Å². The SMILES string of the molecule is CC=CN1CCN(c2nc(OCC3CC(N(C)C)C3)nc3c2CCN(c2cccc4ccccc24)C3)CC1CC#N. The minimum absolute atomic E-state index is 0.133. The van der Waals surface area contributed by atoms with Gasteiger partial charge in [-0.05, 0) is 63.9 Å². The van der Waals surface area contributed by atoms with Crippen LogP contribution >= 0.6 is 0 Å². The average molecular weight is 552 g/mol. The highest BCUT2D eigenvalue weighted by Gasteiger charge is 2.33. The number of benzene rings is 2. The second kappa shape index (κ2) is 12.0. The maximum Gasteiger partial charge on any atom is 0.318 e. The third-order valence-corrected chi connectivity index (χ3v) is 9.01. The monoisotopic (exact) mass is 551 g/mol. The fourth-order valence-electron chi connectivity index (χ4n) is 6.59. The normalized spacial score (nSPS) is 22.6. The molecule has 1 aliphatic carbocycles. The van der Waals surface area contributed by atoms with Crippen molar-refractivity contribution in [2.24, 2.45) is 5.92 Å². The predicted octanol–water partition coefficient (Wildman–Crippen LogP) is 4.85. The number of nitriles is 1. The highest BCUT2D eigenvalue weighted by atomic mass is 16.5. The molecule has 0 radical (unpaired) electrons. The average Bonchev–Trinajstić information content (AvgIpc) is 2.96. The van der Waals surface area contributed by atoms with Gasteiger partial charge in [0.2, 0.25) is 0 Å². The fourth-order valence-corrected chi connectivity index (χ4v) is 6.59. The van der Waals surface area contributed by atoms with Gasteiger partial charge in [0.15, 0.2) is 0 Å². The van der Waals surface area contributed by atoms with Gasteiger partial charge >= 0.3 is 6.01 Å². The number of hydrogen-bond donors (Lipinski definition) is 0. The molecule has 0 N–H and O–H groups in total. The predicted molar refractivity (Wildman–Crippen MR) is 164 cm³/mol. The minimum atomic E-state index is 0.133. The minimum Gasteiger partial charge on any atom is -0.463 e.